The van der Waals surface area contributed by atoms with Gasteiger partial charge in [0.15, 0.2) is 6.29 Å². The molecule has 1 fully saturated rings. The summed E-state index contributed by atoms with van der Waals surface area (Å²) >= 11 is 0. The fourth-order valence-corrected chi connectivity index (χ4v) is 2.18. The van der Waals surface area contributed by atoms with Gasteiger partial charge in [-0.25, -0.2) is 4.79 Å². The lowest BCUT2D eigenvalue weighted by Gasteiger charge is -2.13. The third-order valence-electron chi connectivity index (χ3n) is 3.01. The maximum atomic E-state index is 11.8. The maximum absolute atomic E-state index is 11.8. The van der Waals surface area contributed by atoms with Crippen molar-refractivity contribution in [2.24, 2.45) is 0 Å². The Morgan fingerprint density at radius 3 is 3.11 bits per heavy atom. The molecule has 1 aliphatic heterocycles. The smallest absolute Gasteiger partial charge is 0.355 e. The van der Waals surface area contributed by atoms with E-state index in [-0.39, 0.29) is 6.10 Å². The van der Waals surface area contributed by atoms with Gasteiger partial charge < -0.3 is 14.0 Å². The molecule has 0 spiro atoms. The van der Waals surface area contributed by atoms with Crippen LogP contribution in [0.1, 0.15) is 40.6 Å². The highest BCUT2D eigenvalue weighted by atomic mass is 16.5. The van der Waals surface area contributed by atoms with E-state index in [2.05, 4.69) is 0 Å². The second kappa shape index (κ2) is 5.82. The van der Waals surface area contributed by atoms with Gasteiger partial charge >= 0.3 is 5.97 Å². The van der Waals surface area contributed by atoms with Crippen LogP contribution in [0.3, 0.4) is 0 Å². The molecule has 5 heteroatoms. The van der Waals surface area contributed by atoms with Crippen molar-refractivity contribution in [2.75, 3.05) is 13.2 Å². The van der Waals surface area contributed by atoms with E-state index in [0.717, 1.165) is 19.4 Å². The van der Waals surface area contributed by atoms with Crippen LogP contribution in [0, 0.1) is 0 Å². The van der Waals surface area contributed by atoms with Gasteiger partial charge in [0.1, 0.15) is 5.69 Å². The Morgan fingerprint density at radius 1 is 1.67 bits per heavy atom. The van der Waals surface area contributed by atoms with Crippen LogP contribution in [0.2, 0.25) is 0 Å². The van der Waals surface area contributed by atoms with Crippen LogP contribution in [-0.2, 0) is 16.0 Å². The van der Waals surface area contributed by atoms with Crippen LogP contribution in [0.25, 0.3) is 0 Å². The molecular weight excluding hydrogens is 234 g/mol. The first-order valence-corrected chi connectivity index (χ1v) is 6.19. The molecule has 0 amide bonds. The quantitative estimate of drug-likeness (QED) is 0.590. The lowest BCUT2D eigenvalue weighted by molar-refractivity contribution is 0.0502. The Bertz CT molecular complexity index is 432. The minimum atomic E-state index is -0.456. The van der Waals surface area contributed by atoms with Gasteiger partial charge in [-0.15, -0.1) is 0 Å². The molecule has 1 aromatic heterocycles. The van der Waals surface area contributed by atoms with E-state index in [1.165, 1.54) is 0 Å². The van der Waals surface area contributed by atoms with Crippen LogP contribution in [0.4, 0.5) is 0 Å². The fourth-order valence-electron chi connectivity index (χ4n) is 2.18. The minimum absolute atomic E-state index is 0.116. The molecule has 0 N–H and O–H groups in total. The standard InChI is InChI=1S/C13H17NO4/c1-2-17-13(16)12-10(9-15)5-6-14(12)8-11-4-3-7-18-11/h5-6,9,11H,2-4,7-8H2,1H3. The summed E-state index contributed by atoms with van der Waals surface area (Å²) in [5, 5.41) is 0. The molecule has 0 saturated carbocycles. The van der Waals surface area contributed by atoms with Crippen LogP contribution in [0.15, 0.2) is 12.3 Å². The number of ether oxygens (including phenoxy) is 2. The molecule has 0 aromatic carbocycles. The van der Waals surface area contributed by atoms with Crippen molar-refractivity contribution < 1.29 is 19.1 Å². The van der Waals surface area contributed by atoms with Gasteiger partial charge in [-0.2, -0.15) is 0 Å². The molecular formula is C13H17NO4. The minimum Gasteiger partial charge on any atom is -0.461 e. The van der Waals surface area contributed by atoms with Crippen molar-refractivity contribution in [1.29, 1.82) is 0 Å². The summed E-state index contributed by atoms with van der Waals surface area (Å²) < 4.78 is 12.3. The predicted molar refractivity (Wildman–Crippen MR) is 64.8 cm³/mol. The summed E-state index contributed by atoms with van der Waals surface area (Å²) in [6.45, 7) is 3.39. The Kier molecular flexibility index (Phi) is 4.15. The Morgan fingerprint density at radius 2 is 2.50 bits per heavy atom. The zero-order chi connectivity index (χ0) is 13.0. The molecule has 5 nitrogen and oxygen atoms in total. The Hall–Kier alpha value is -1.62. The highest BCUT2D eigenvalue weighted by Crippen LogP contribution is 2.18. The van der Waals surface area contributed by atoms with Crippen molar-refractivity contribution in [3.05, 3.63) is 23.5 Å². The molecule has 1 atom stereocenters. The maximum Gasteiger partial charge on any atom is 0.355 e. The monoisotopic (exact) mass is 251 g/mol. The summed E-state index contributed by atoms with van der Waals surface area (Å²) in [6.07, 6.45) is 4.55. The molecule has 2 rings (SSSR count). The third kappa shape index (κ3) is 2.61. The lowest BCUT2D eigenvalue weighted by Crippen LogP contribution is -2.20. The predicted octanol–water partition coefficient (Wildman–Crippen LogP) is 1.66. The second-order valence-electron chi connectivity index (χ2n) is 4.25. The molecule has 1 unspecified atom stereocenters. The number of rotatable bonds is 5. The first-order chi connectivity index (χ1) is 8.76. The summed E-state index contributed by atoms with van der Waals surface area (Å²) in [4.78, 5) is 22.8. The number of hydrogen-bond donors (Lipinski definition) is 0. The number of hydrogen-bond acceptors (Lipinski definition) is 4. The SMILES string of the molecule is CCOC(=O)c1c(C=O)ccn1CC1CCCO1. The topological polar surface area (TPSA) is 57.5 Å². The summed E-state index contributed by atoms with van der Waals surface area (Å²) in [7, 11) is 0. The zero-order valence-electron chi connectivity index (χ0n) is 10.4. The first-order valence-electron chi connectivity index (χ1n) is 6.19. The van der Waals surface area contributed by atoms with Crippen LogP contribution < -0.4 is 0 Å². The molecule has 1 saturated heterocycles. The highest BCUT2D eigenvalue weighted by Gasteiger charge is 2.22. The summed E-state index contributed by atoms with van der Waals surface area (Å²) in [5.74, 6) is -0.456. The molecule has 98 valence electrons. The second-order valence-corrected chi connectivity index (χ2v) is 4.25. The van der Waals surface area contributed by atoms with Crippen molar-refractivity contribution in [3.63, 3.8) is 0 Å². The molecule has 0 bridgehead atoms. The van der Waals surface area contributed by atoms with E-state index in [9.17, 15) is 9.59 Å². The van der Waals surface area contributed by atoms with Gasteiger partial charge in [-0.1, -0.05) is 0 Å². The van der Waals surface area contributed by atoms with E-state index >= 15 is 0 Å². The van der Waals surface area contributed by atoms with Crippen molar-refractivity contribution >= 4 is 12.3 Å². The molecule has 0 radical (unpaired) electrons. The fraction of sp³-hybridized carbons (Fsp3) is 0.538. The van der Waals surface area contributed by atoms with E-state index in [1.807, 2.05) is 0 Å². The largest absolute Gasteiger partial charge is 0.461 e. The van der Waals surface area contributed by atoms with Crippen LogP contribution in [0.5, 0.6) is 0 Å². The average molecular weight is 251 g/mol. The summed E-state index contributed by atoms with van der Waals surface area (Å²) in [5.41, 5.74) is 0.689. The zero-order valence-corrected chi connectivity index (χ0v) is 10.4. The number of carbonyl (C=O) groups is 2. The number of nitrogens with zero attached hydrogens (tertiary/aromatic N) is 1. The van der Waals surface area contributed by atoms with E-state index in [0.29, 0.717) is 30.7 Å². The first kappa shape index (κ1) is 12.8. The number of esters is 1. The van der Waals surface area contributed by atoms with Gasteiger partial charge in [0.05, 0.1) is 12.7 Å². The normalized spacial score (nSPS) is 18.8. The van der Waals surface area contributed by atoms with E-state index in [1.54, 1.807) is 23.8 Å². The van der Waals surface area contributed by atoms with Crippen LogP contribution in [-0.4, -0.2) is 36.1 Å². The molecule has 1 aromatic rings. The van der Waals surface area contributed by atoms with Gasteiger partial charge in [-0.05, 0) is 25.8 Å². The van der Waals surface area contributed by atoms with Gasteiger partial charge in [-0.3, -0.25) is 4.79 Å². The molecule has 0 aliphatic carbocycles. The number of aldehydes is 1. The molecule has 1 aliphatic rings. The molecule has 2 heterocycles. The lowest BCUT2D eigenvalue weighted by atomic mass is 10.2. The van der Waals surface area contributed by atoms with Crippen LogP contribution >= 0.6 is 0 Å². The number of carbonyl (C=O) groups excluding carboxylic acids is 2. The summed E-state index contributed by atoms with van der Waals surface area (Å²) in [6, 6.07) is 1.63. The van der Waals surface area contributed by atoms with Gasteiger partial charge in [0, 0.05) is 24.9 Å². The van der Waals surface area contributed by atoms with Crippen molar-refractivity contribution in [2.45, 2.75) is 32.4 Å². The van der Waals surface area contributed by atoms with Crippen molar-refractivity contribution in [3.8, 4) is 0 Å². The van der Waals surface area contributed by atoms with Crippen molar-refractivity contribution in [1.82, 2.24) is 4.57 Å². The number of aromatic nitrogens is 1. The third-order valence-corrected chi connectivity index (χ3v) is 3.01. The molecule has 18 heavy (non-hydrogen) atoms. The van der Waals surface area contributed by atoms with Gasteiger partial charge in [0.25, 0.3) is 0 Å². The Balaban J connectivity index is 2.20. The van der Waals surface area contributed by atoms with E-state index in [4.69, 9.17) is 9.47 Å². The highest BCUT2D eigenvalue weighted by molar-refractivity contribution is 5.97. The van der Waals surface area contributed by atoms with E-state index < -0.39 is 5.97 Å². The average Bonchev–Trinajstić information content (AvgIpc) is 2.99. The van der Waals surface area contributed by atoms with Gasteiger partial charge in [0.2, 0.25) is 0 Å². The Labute approximate surface area is 106 Å².